The molecule has 23 heavy (non-hydrogen) atoms. The van der Waals surface area contributed by atoms with Gasteiger partial charge in [0.1, 0.15) is 11.3 Å². The molecule has 1 amide bonds. The number of hydrogen-bond donors (Lipinski definition) is 2. The van der Waals surface area contributed by atoms with Gasteiger partial charge in [0.2, 0.25) is 5.13 Å². The Morgan fingerprint density at radius 3 is 2.70 bits per heavy atom. The van der Waals surface area contributed by atoms with E-state index >= 15 is 0 Å². The Morgan fingerprint density at radius 2 is 1.96 bits per heavy atom. The van der Waals surface area contributed by atoms with Gasteiger partial charge >= 0.3 is 0 Å². The van der Waals surface area contributed by atoms with E-state index in [1.807, 2.05) is 26.0 Å². The number of rotatable bonds is 3. The fraction of sp³-hybridized carbons (Fsp3) is 0.125. The van der Waals surface area contributed by atoms with Crippen LogP contribution in [-0.2, 0) is 0 Å². The van der Waals surface area contributed by atoms with E-state index in [0.29, 0.717) is 10.3 Å². The molecule has 118 valence electrons. The lowest BCUT2D eigenvalue weighted by atomic mass is 10.1. The number of carbonyl (C=O) groups excluding carboxylic acids is 1. The molecule has 2 N–H and O–H groups in total. The highest BCUT2D eigenvalue weighted by Gasteiger charge is 2.12. The van der Waals surface area contributed by atoms with Gasteiger partial charge in [0.15, 0.2) is 5.82 Å². The van der Waals surface area contributed by atoms with Gasteiger partial charge in [0.05, 0.1) is 4.70 Å². The number of carbonyl (C=O) groups is 1. The molecule has 1 aromatic heterocycles. The molecule has 0 fully saturated rings. The highest BCUT2D eigenvalue weighted by Crippen LogP contribution is 2.28. The maximum absolute atomic E-state index is 13.6. The standard InChI is InChI=1S/C16H13F2N3OS/c1-8-3-4-11(9(2)5-8)15(22)20-21-16-19-14-12(18)6-10(17)7-13(14)23-16/h3-7H,1-2H3,(H,19,21)(H,20,22). The monoisotopic (exact) mass is 333 g/mol. The Bertz CT molecular complexity index is 908. The molecule has 0 spiro atoms. The van der Waals surface area contributed by atoms with Crippen LogP contribution in [0.3, 0.4) is 0 Å². The molecule has 0 aliphatic rings. The summed E-state index contributed by atoms with van der Waals surface area (Å²) in [7, 11) is 0. The molecular weight excluding hydrogens is 320 g/mol. The van der Waals surface area contributed by atoms with E-state index in [0.717, 1.165) is 28.5 Å². The summed E-state index contributed by atoms with van der Waals surface area (Å²) < 4.78 is 27.1. The first kappa shape index (κ1) is 15.4. The Labute approximate surface area is 135 Å². The van der Waals surface area contributed by atoms with Crippen LogP contribution < -0.4 is 10.9 Å². The summed E-state index contributed by atoms with van der Waals surface area (Å²) in [6, 6.07) is 7.46. The van der Waals surface area contributed by atoms with E-state index < -0.39 is 11.6 Å². The van der Waals surface area contributed by atoms with E-state index in [1.165, 1.54) is 6.07 Å². The first-order valence-corrected chi connectivity index (χ1v) is 7.65. The summed E-state index contributed by atoms with van der Waals surface area (Å²) in [5.74, 6) is -1.72. The second-order valence-corrected chi connectivity index (χ2v) is 6.18. The van der Waals surface area contributed by atoms with E-state index in [2.05, 4.69) is 15.8 Å². The highest BCUT2D eigenvalue weighted by atomic mass is 32.1. The molecule has 0 unspecified atom stereocenters. The summed E-state index contributed by atoms with van der Waals surface area (Å²) in [6.07, 6.45) is 0. The molecule has 0 aliphatic heterocycles. The van der Waals surface area contributed by atoms with E-state index in [1.54, 1.807) is 6.07 Å². The van der Waals surface area contributed by atoms with Crippen molar-refractivity contribution in [2.75, 3.05) is 5.43 Å². The molecule has 0 radical (unpaired) electrons. The fourth-order valence-corrected chi connectivity index (χ4v) is 3.12. The number of hydrogen-bond acceptors (Lipinski definition) is 4. The largest absolute Gasteiger partial charge is 0.273 e. The van der Waals surface area contributed by atoms with Crippen LogP contribution in [0.15, 0.2) is 30.3 Å². The summed E-state index contributed by atoms with van der Waals surface area (Å²) in [4.78, 5) is 16.2. The number of nitrogens with zero attached hydrogens (tertiary/aromatic N) is 1. The Kier molecular flexibility index (Phi) is 3.96. The maximum Gasteiger partial charge on any atom is 0.269 e. The van der Waals surface area contributed by atoms with Crippen LogP contribution in [0.1, 0.15) is 21.5 Å². The minimum absolute atomic E-state index is 0.0691. The quantitative estimate of drug-likeness (QED) is 0.714. The van der Waals surface area contributed by atoms with Gasteiger partial charge in [-0.05, 0) is 31.5 Å². The molecule has 0 saturated heterocycles. The predicted octanol–water partition coefficient (Wildman–Crippen LogP) is 3.95. The Balaban J connectivity index is 1.78. The van der Waals surface area contributed by atoms with Gasteiger partial charge in [-0.2, -0.15) is 0 Å². The molecule has 4 nitrogen and oxygen atoms in total. The zero-order valence-electron chi connectivity index (χ0n) is 12.4. The van der Waals surface area contributed by atoms with Crippen LogP contribution in [0.2, 0.25) is 0 Å². The normalized spacial score (nSPS) is 10.8. The first-order chi connectivity index (χ1) is 10.9. The number of amides is 1. The van der Waals surface area contributed by atoms with Crippen molar-refractivity contribution in [3.05, 3.63) is 58.7 Å². The molecule has 0 bridgehead atoms. The number of aryl methyl sites for hydroxylation is 2. The summed E-state index contributed by atoms with van der Waals surface area (Å²) in [5.41, 5.74) is 7.67. The predicted molar refractivity (Wildman–Crippen MR) is 86.5 cm³/mol. The van der Waals surface area contributed by atoms with Crippen molar-refractivity contribution in [1.29, 1.82) is 0 Å². The third-order valence-corrected chi connectivity index (χ3v) is 4.24. The highest BCUT2D eigenvalue weighted by molar-refractivity contribution is 7.22. The zero-order chi connectivity index (χ0) is 16.6. The smallest absolute Gasteiger partial charge is 0.269 e. The molecule has 1 heterocycles. The zero-order valence-corrected chi connectivity index (χ0v) is 13.2. The molecule has 0 atom stereocenters. The summed E-state index contributed by atoms with van der Waals surface area (Å²) in [5, 5.41) is 0.280. The van der Waals surface area contributed by atoms with Gasteiger partial charge in [0, 0.05) is 11.6 Å². The van der Waals surface area contributed by atoms with Crippen LogP contribution in [0, 0.1) is 25.5 Å². The molecule has 3 aromatic rings. The number of thiazole rings is 1. The maximum atomic E-state index is 13.6. The van der Waals surface area contributed by atoms with Gasteiger partial charge in [-0.25, -0.2) is 13.8 Å². The van der Waals surface area contributed by atoms with Gasteiger partial charge in [-0.1, -0.05) is 29.0 Å². The minimum atomic E-state index is -0.731. The van der Waals surface area contributed by atoms with Crippen LogP contribution >= 0.6 is 11.3 Å². The third kappa shape index (κ3) is 3.14. The molecule has 2 aromatic carbocycles. The number of aromatic nitrogens is 1. The third-order valence-electron chi connectivity index (χ3n) is 3.32. The lowest BCUT2D eigenvalue weighted by molar-refractivity contribution is 0.0962. The van der Waals surface area contributed by atoms with Crippen LogP contribution in [-0.4, -0.2) is 10.9 Å². The number of benzene rings is 2. The Hall–Kier alpha value is -2.54. The average molecular weight is 333 g/mol. The lowest BCUT2D eigenvalue weighted by Gasteiger charge is -2.08. The number of fused-ring (bicyclic) bond motifs is 1. The van der Waals surface area contributed by atoms with Crippen molar-refractivity contribution >= 4 is 32.6 Å². The number of hydrazine groups is 1. The summed E-state index contributed by atoms with van der Waals surface area (Å²) >= 11 is 1.05. The van der Waals surface area contributed by atoms with Crippen molar-refractivity contribution in [3.63, 3.8) is 0 Å². The Morgan fingerprint density at radius 1 is 1.17 bits per heavy atom. The number of halogens is 2. The molecule has 0 aliphatic carbocycles. The number of anilines is 1. The van der Waals surface area contributed by atoms with Crippen LogP contribution in [0.4, 0.5) is 13.9 Å². The second-order valence-electron chi connectivity index (χ2n) is 5.15. The van der Waals surface area contributed by atoms with E-state index in [9.17, 15) is 13.6 Å². The van der Waals surface area contributed by atoms with E-state index in [4.69, 9.17) is 0 Å². The molecule has 3 rings (SSSR count). The van der Waals surface area contributed by atoms with Crippen LogP contribution in [0.25, 0.3) is 10.2 Å². The van der Waals surface area contributed by atoms with Crippen molar-refractivity contribution in [2.45, 2.75) is 13.8 Å². The van der Waals surface area contributed by atoms with Gasteiger partial charge < -0.3 is 0 Å². The van der Waals surface area contributed by atoms with Gasteiger partial charge in [-0.3, -0.25) is 15.6 Å². The fourth-order valence-electron chi connectivity index (χ4n) is 2.26. The topological polar surface area (TPSA) is 54.0 Å². The van der Waals surface area contributed by atoms with Crippen molar-refractivity contribution in [1.82, 2.24) is 10.4 Å². The lowest BCUT2D eigenvalue weighted by Crippen LogP contribution is -2.29. The number of nitrogens with one attached hydrogen (secondary N) is 2. The van der Waals surface area contributed by atoms with Gasteiger partial charge in [-0.15, -0.1) is 0 Å². The second kappa shape index (κ2) is 5.92. The summed E-state index contributed by atoms with van der Waals surface area (Å²) in [6.45, 7) is 3.79. The molecule has 0 saturated carbocycles. The van der Waals surface area contributed by atoms with E-state index in [-0.39, 0.29) is 16.6 Å². The molecular formula is C16H13F2N3OS. The van der Waals surface area contributed by atoms with Crippen LogP contribution in [0.5, 0.6) is 0 Å². The van der Waals surface area contributed by atoms with Crippen molar-refractivity contribution in [3.8, 4) is 0 Å². The first-order valence-electron chi connectivity index (χ1n) is 6.83. The SMILES string of the molecule is Cc1ccc(C(=O)NNc2nc3c(F)cc(F)cc3s2)c(C)c1. The van der Waals surface area contributed by atoms with Crippen molar-refractivity contribution in [2.24, 2.45) is 0 Å². The minimum Gasteiger partial charge on any atom is -0.273 e. The average Bonchev–Trinajstić information content (AvgIpc) is 2.88. The molecule has 7 heteroatoms. The van der Waals surface area contributed by atoms with Gasteiger partial charge in [0.25, 0.3) is 5.91 Å². The van der Waals surface area contributed by atoms with Crippen molar-refractivity contribution < 1.29 is 13.6 Å².